The lowest BCUT2D eigenvalue weighted by Gasteiger charge is -2.15. The molecule has 1 amide bonds. The molecule has 1 heterocycles. The van der Waals surface area contributed by atoms with E-state index in [1.54, 1.807) is 18.2 Å². The minimum absolute atomic E-state index is 0.0311. The molecule has 0 radical (unpaired) electrons. The smallest absolute Gasteiger partial charge is 0.257 e. The van der Waals surface area contributed by atoms with Crippen molar-refractivity contribution in [1.29, 1.82) is 0 Å². The van der Waals surface area contributed by atoms with Gasteiger partial charge in [-0.25, -0.2) is 4.98 Å². The monoisotopic (exact) mass is 363 g/mol. The van der Waals surface area contributed by atoms with Crippen LogP contribution in [0.3, 0.4) is 0 Å². The van der Waals surface area contributed by atoms with Crippen molar-refractivity contribution >= 4 is 27.4 Å². The van der Waals surface area contributed by atoms with Gasteiger partial charge < -0.3 is 9.47 Å². The van der Waals surface area contributed by atoms with E-state index in [1.807, 2.05) is 27.7 Å². The first-order valence-corrected chi connectivity index (χ1v) is 8.74. The van der Waals surface area contributed by atoms with Crippen LogP contribution in [0.2, 0.25) is 0 Å². The van der Waals surface area contributed by atoms with Crippen LogP contribution in [-0.4, -0.2) is 23.6 Å². The molecule has 0 spiro atoms. The number of hydrogen-bond acceptors (Lipinski definition) is 7. The average molecular weight is 363 g/mol. The van der Waals surface area contributed by atoms with Crippen LogP contribution >= 0.6 is 11.3 Å². The second-order valence-corrected chi connectivity index (χ2v) is 7.12. The van der Waals surface area contributed by atoms with Crippen LogP contribution in [0, 0.1) is 10.8 Å². The highest BCUT2D eigenvalue weighted by Gasteiger charge is 2.14. The Balaban J connectivity index is 2.22. The minimum Gasteiger partial charge on any atom is -0.493 e. The predicted molar refractivity (Wildman–Crippen MR) is 98.1 cm³/mol. The Morgan fingerprint density at radius 1 is 1.24 bits per heavy atom. The van der Waals surface area contributed by atoms with Gasteiger partial charge in [0.15, 0.2) is 10.1 Å². The number of carbonyl (C=O) groups excluding carboxylic acids is 1. The molecule has 25 heavy (non-hydrogen) atoms. The van der Waals surface area contributed by atoms with Gasteiger partial charge in [0.25, 0.3) is 5.91 Å². The van der Waals surface area contributed by atoms with Gasteiger partial charge in [-0.1, -0.05) is 25.2 Å². The van der Waals surface area contributed by atoms with Crippen LogP contribution in [0.25, 0.3) is 0 Å². The van der Waals surface area contributed by atoms with Crippen molar-refractivity contribution in [3.63, 3.8) is 0 Å². The molecule has 1 N–H and O–H groups in total. The molecule has 2 aromatic rings. The molecule has 0 saturated carbocycles. The Morgan fingerprint density at radius 2 is 1.96 bits per heavy atom. The fourth-order valence-electron chi connectivity index (χ4n) is 1.92. The van der Waals surface area contributed by atoms with Gasteiger partial charge in [0.1, 0.15) is 11.5 Å². The Morgan fingerprint density at radius 3 is 2.56 bits per heavy atom. The molecule has 0 fully saturated rings. The number of anilines is 1. The molecule has 134 valence electrons. The molecule has 0 aliphatic rings. The molecule has 0 saturated heterocycles. The van der Waals surface area contributed by atoms with E-state index >= 15 is 0 Å². The Hall–Kier alpha value is -2.48. The highest BCUT2D eigenvalue weighted by molar-refractivity contribution is 7.19. The Bertz CT molecular complexity index is 743. The van der Waals surface area contributed by atoms with E-state index in [0.717, 1.165) is 11.3 Å². The molecule has 1 aromatic heterocycles. The van der Waals surface area contributed by atoms with E-state index in [-0.39, 0.29) is 17.0 Å². The first kappa shape index (κ1) is 18.9. The number of ether oxygens (including phenoxy) is 2. The lowest BCUT2D eigenvalue weighted by atomic mass is 10.2. The van der Waals surface area contributed by atoms with Gasteiger partial charge >= 0.3 is 0 Å². The van der Waals surface area contributed by atoms with E-state index in [1.165, 1.54) is 6.20 Å². The van der Waals surface area contributed by atoms with E-state index in [2.05, 4.69) is 15.5 Å². The molecule has 0 atom stereocenters. The van der Waals surface area contributed by atoms with Gasteiger partial charge in [-0.2, -0.15) is 0 Å². The molecule has 8 heteroatoms. The number of carbonyl (C=O) groups is 1. The van der Waals surface area contributed by atoms with Crippen LogP contribution in [-0.2, 0) is 0 Å². The maximum absolute atomic E-state index is 12.5. The first-order chi connectivity index (χ1) is 11.9. The highest BCUT2D eigenvalue weighted by atomic mass is 32.1. The minimum atomic E-state index is -0.365. The summed E-state index contributed by atoms with van der Waals surface area (Å²) in [6, 6.07) is 5.05. The summed E-state index contributed by atoms with van der Waals surface area (Å²) in [5.74, 6) is 1.11. The summed E-state index contributed by atoms with van der Waals surface area (Å²) in [5.41, 5.74) is 0.382. The van der Waals surface area contributed by atoms with Crippen molar-refractivity contribution in [3.8, 4) is 11.5 Å². The maximum atomic E-state index is 12.5. The van der Waals surface area contributed by atoms with Crippen LogP contribution in [0.4, 0.5) is 10.1 Å². The predicted octanol–water partition coefficient (Wildman–Crippen LogP) is 4.62. The van der Waals surface area contributed by atoms with Gasteiger partial charge in [0.2, 0.25) is 0 Å². The van der Waals surface area contributed by atoms with Crippen molar-refractivity contribution in [2.75, 3.05) is 11.9 Å². The van der Waals surface area contributed by atoms with Crippen LogP contribution in [0.5, 0.6) is 11.5 Å². The van der Waals surface area contributed by atoms with Crippen molar-refractivity contribution < 1.29 is 14.3 Å². The molecule has 0 aliphatic heterocycles. The fraction of sp³-hybridized carbons (Fsp3) is 0.412. The largest absolute Gasteiger partial charge is 0.493 e. The summed E-state index contributed by atoms with van der Waals surface area (Å²) >= 11 is 1.00. The second kappa shape index (κ2) is 8.57. The molecule has 7 nitrogen and oxygen atoms in total. The van der Waals surface area contributed by atoms with Crippen LogP contribution in [0.1, 0.15) is 38.1 Å². The van der Waals surface area contributed by atoms with Gasteiger partial charge in [0.05, 0.1) is 18.9 Å². The van der Waals surface area contributed by atoms with Crippen molar-refractivity contribution in [2.24, 2.45) is 11.1 Å². The number of thiazole rings is 1. The number of rotatable bonds is 8. The standard InChI is InChI=1S/C17H21N3O4S/c1-10(2)9-23-13-5-12(6-14(7-13)24-11(3)4)16(21)19-17-18-8-15(20-22)25-17/h5-8,10-11H,9H2,1-4H3,(H,18,19,21). The molecule has 0 aliphatic carbocycles. The molecule has 0 bridgehead atoms. The normalized spacial score (nSPS) is 10.8. The zero-order valence-electron chi connectivity index (χ0n) is 14.6. The van der Waals surface area contributed by atoms with Gasteiger partial charge in [-0.3, -0.25) is 10.1 Å². The Labute approximate surface area is 150 Å². The summed E-state index contributed by atoms with van der Waals surface area (Å²) < 4.78 is 11.4. The molecular weight excluding hydrogens is 342 g/mol. The van der Waals surface area contributed by atoms with E-state index in [0.29, 0.717) is 34.7 Å². The summed E-state index contributed by atoms with van der Waals surface area (Å²) in [5, 5.41) is 5.94. The first-order valence-electron chi connectivity index (χ1n) is 7.92. The van der Waals surface area contributed by atoms with Crippen molar-refractivity contribution in [1.82, 2.24) is 4.98 Å². The number of benzene rings is 1. The Kier molecular flexibility index (Phi) is 6.46. The van der Waals surface area contributed by atoms with Gasteiger partial charge in [0, 0.05) is 11.6 Å². The fourth-order valence-corrected chi connectivity index (χ4v) is 2.51. The van der Waals surface area contributed by atoms with Crippen molar-refractivity contribution in [3.05, 3.63) is 34.9 Å². The quantitative estimate of drug-likeness (QED) is 0.691. The molecule has 1 aromatic carbocycles. The molecule has 2 rings (SSSR count). The summed E-state index contributed by atoms with van der Waals surface area (Å²) in [4.78, 5) is 26.9. The molecule has 0 unspecified atom stereocenters. The average Bonchev–Trinajstić information content (AvgIpc) is 2.99. The zero-order valence-corrected chi connectivity index (χ0v) is 15.4. The topological polar surface area (TPSA) is 89.9 Å². The van der Waals surface area contributed by atoms with Crippen molar-refractivity contribution in [2.45, 2.75) is 33.8 Å². The third kappa shape index (κ3) is 5.82. The number of nitroso groups, excluding NO2 is 1. The number of aromatic nitrogens is 1. The maximum Gasteiger partial charge on any atom is 0.257 e. The molecular formula is C17H21N3O4S. The SMILES string of the molecule is CC(C)COc1cc(OC(C)C)cc(C(=O)Nc2ncc(N=O)s2)c1. The third-order valence-electron chi connectivity index (χ3n) is 2.90. The third-order valence-corrected chi connectivity index (χ3v) is 3.69. The number of hydrogen-bond donors (Lipinski definition) is 1. The van der Waals surface area contributed by atoms with Gasteiger partial charge in [-0.05, 0) is 37.1 Å². The number of nitrogens with one attached hydrogen (secondary N) is 1. The zero-order chi connectivity index (χ0) is 18.4. The lowest BCUT2D eigenvalue weighted by Crippen LogP contribution is -2.13. The second-order valence-electron chi connectivity index (χ2n) is 6.11. The van der Waals surface area contributed by atoms with Gasteiger partial charge in [-0.15, -0.1) is 4.91 Å². The summed E-state index contributed by atoms with van der Waals surface area (Å²) in [7, 11) is 0. The van der Waals surface area contributed by atoms with Crippen LogP contribution < -0.4 is 14.8 Å². The highest BCUT2D eigenvalue weighted by Crippen LogP contribution is 2.28. The lowest BCUT2D eigenvalue weighted by molar-refractivity contribution is 0.102. The summed E-state index contributed by atoms with van der Waals surface area (Å²) in [6.07, 6.45) is 1.28. The number of amides is 1. The van der Waals surface area contributed by atoms with E-state index < -0.39 is 0 Å². The van der Waals surface area contributed by atoms with Crippen LogP contribution in [0.15, 0.2) is 29.6 Å². The number of nitrogens with zero attached hydrogens (tertiary/aromatic N) is 2. The van der Waals surface area contributed by atoms with E-state index in [4.69, 9.17) is 9.47 Å². The summed E-state index contributed by atoms with van der Waals surface area (Å²) in [6.45, 7) is 8.44. The van der Waals surface area contributed by atoms with E-state index in [9.17, 15) is 9.70 Å².